The van der Waals surface area contributed by atoms with E-state index in [0.717, 1.165) is 24.8 Å². The first-order valence-electron chi connectivity index (χ1n) is 17.0. The summed E-state index contributed by atoms with van der Waals surface area (Å²) in [5.74, 6) is -0.806. The van der Waals surface area contributed by atoms with E-state index in [1.807, 2.05) is 12.1 Å². The van der Waals surface area contributed by atoms with E-state index >= 15 is 0 Å². The Morgan fingerprint density at radius 1 is 0.750 bits per heavy atom. The molecule has 1 unspecified atom stereocenters. The number of nitrogens with zero attached hydrogens (tertiary/aromatic N) is 2. The van der Waals surface area contributed by atoms with Gasteiger partial charge in [-0.2, -0.15) is 0 Å². The molecule has 2 saturated heterocycles. The van der Waals surface area contributed by atoms with Gasteiger partial charge in [0.1, 0.15) is 0 Å². The van der Waals surface area contributed by atoms with Crippen molar-refractivity contribution in [3.05, 3.63) is 29.8 Å². The van der Waals surface area contributed by atoms with Crippen molar-refractivity contribution in [3.8, 4) is 0 Å². The van der Waals surface area contributed by atoms with Gasteiger partial charge < -0.3 is 29.6 Å². The highest BCUT2D eigenvalue weighted by atomic mass is 16.6. The normalized spacial score (nSPS) is 17.8. The molecule has 0 bridgehead atoms. The minimum absolute atomic E-state index is 0.0892. The Morgan fingerprint density at radius 3 is 1.98 bits per heavy atom. The highest BCUT2D eigenvalue weighted by molar-refractivity contribution is 6.04. The number of β-lactam (4-membered cyclic amide) rings is 1. The third-order valence-corrected chi connectivity index (χ3v) is 8.73. The molecule has 264 valence electrons. The summed E-state index contributed by atoms with van der Waals surface area (Å²) in [7, 11) is 0. The van der Waals surface area contributed by atoms with Crippen molar-refractivity contribution in [1.82, 2.24) is 15.1 Å². The molecule has 14 heteroatoms. The smallest absolute Gasteiger partial charge is 0.233 e. The van der Waals surface area contributed by atoms with E-state index in [0.29, 0.717) is 83.8 Å². The molecule has 2 aliphatic heterocycles. The number of amides is 6. The van der Waals surface area contributed by atoms with Crippen LogP contribution < -0.4 is 10.6 Å². The number of imide groups is 2. The molecule has 1 aliphatic carbocycles. The molecule has 1 aromatic rings. The number of carbonyl (C=O) groups excluding carboxylic acids is 6. The largest absolute Gasteiger partial charge is 0.379 e. The fraction of sp³-hybridized carbons (Fsp3) is 0.647. The van der Waals surface area contributed by atoms with Crippen LogP contribution in [0.25, 0.3) is 0 Å². The van der Waals surface area contributed by atoms with Crippen LogP contribution in [0, 0.1) is 11.8 Å². The van der Waals surface area contributed by atoms with Crippen molar-refractivity contribution >= 4 is 41.1 Å². The molecule has 2 heterocycles. The number of likely N-dealkylation sites (tertiary alicyclic amines) is 2. The first-order valence-corrected chi connectivity index (χ1v) is 17.0. The third-order valence-electron chi connectivity index (χ3n) is 8.73. The number of nitrogens with one attached hydrogen (secondary N) is 2. The Kier molecular flexibility index (Phi) is 15.4. The van der Waals surface area contributed by atoms with Crippen molar-refractivity contribution in [1.29, 1.82) is 0 Å². The Balaban J connectivity index is 0.881. The van der Waals surface area contributed by atoms with Crippen molar-refractivity contribution in [2.75, 3.05) is 77.8 Å². The summed E-state index contributed by atoms with van der Waals surface area (Å²) in [5.41, 5.74) is 1.62. The molecule has 4 rings (SSSR count). The maximum absolute atomic E-state index is 12.5. The summed E-state index contributed by atoms with van der Waals surface area (Å²) in [4.78, 5) is 74.8. The van der Waals surface area contributed by atoms with Gasteiger partial charge in [0, 0.05) is 51.0 Å². The molecule has 1 saturated carbocycles. The van der Waals surface area contributed by atoms with E-state index in [1.54, 1.807) is 12.1 Å². The van der Waals surface area contributed by atoms with Gasteiger partial charge in [-0.1, -0.05) is 18.6 Å². The number of carbonyl (C=O) groups is 6. The molecule has 1 aromatic carbocycles. The number of aryl methyl sites for hydroxylation is 1. The lowest BCUT2D eigenvalue weighted by atomic mass is 9.75. The van der Waals surface area contributed by atoms with Gasteiger partial charge in [0.25, 0.3) is 0 Å². The fourth-order valence-corrected chi connectivity index (χ4v) is 5.59. The zero-order valence-electron chi connectivity index (χ0n) is 27.6. The van der Waals surface area contributed by atoms with E-state index < -0.39 is 0 Å². The maximum atomic E-state index is 12.5. The highest BCUT2D eigenvalue weighted by Crippen LogP contribution is 2.39. The summed E-state index contributed by atoms with van der Waals surface area (Å²) >= 11 is 0. The number of anilines is 1. The van der Waals surface area contributed by atoms with Gasteiger partial charge in [-0.3, -0.25) is 38.6 Å². The molecular formula is C34H48N4O10. The minimum atomic E-state index is -0.223. The van der Waals surface area contributed by atoms with Crippen LogP contribution in [-0.2, 0) is 54.1 Å². The van der Waals surface area contributed by atoms with E-state index in [-0.39, 0.29) is 80.2 Å². The van der Waals surface area contributed by atoms with Gasteiger partial charge in [0.05, 0.1) is 65.2 Å². The molecule has 2 N–H and O–H groups in total. The van der Waals surface area contributed by atoms with Crippen LogP contribution in [0.4, 0.5) is 5.69 Å². The number of hydrogen-bond donors (Lipinski definition) is 2. The Bertz CT molecular complexity index is 1250. The first kappa shape index (κ1) is 37.1. The predicted molar refractivity (Wildman–Crippen MR) is 172 cm³/mol. The lowest BCUT2D eigenvalue weighted by Crippen LogP contribution is -2.47. The average molecular weight is 673 g/mol. The summed E-state index contributed by atoms with van der Waals surface area (Å²) < 4.78 is 21.8. The predicted octanol–water partition coefficient (Wildman–Crippen LogP) is 1.45. The summed E-state index contributed by atoms with van der Waals surface area (Å²) in [5, 5.41) is 5.55. The van der Waals surface area contributed by atoms with Crippen molar-refractivity contribution < 1.29 is 47.7 Å². The van der Waals surface area contributed by atoms with Crippen LogP contribution in [0.1, 0.15) is 56.9 Å². The zero-order chi connectivity index (χ0) is 34.1. The number of benzene rings is 1. The van der Waals surface area contributed by atoms with Gasteiger partial charge in [-0.25, -0.2) is 0 Å². The van der Waals surface area contributed by atoms with E-state index in [2.05, 4.69) is 10.6 Å². The second-order valence-corrected chi connectivity index (χ2v) is 12.1. The zero-order valence-corrected chi connectivity index (χ0v) is 27.6. The molecule has 1 atom stereocenters. The second kappa shape index (κ2) is 19.9. The SMILES string of the molecule is O=C(CCN1C(=O)CC(C2CCC2)C1=O)NCCOCCOCCOCCOCCC(=O)Nc1ccc(CCC(=O)N2CCC2=O)cc1. The van der Waals surface area contributed by atoms with E-state index in [4.69, 9.17) is 18.9 Å². The summed E-state index contributed by atoms with van der Waals surface area (Å²) in [6, 6.07) is 7.28. The number of ether oxygens (including phenoxy) is 4. The van der Waals surface area contributed by atoms with E-state index in [1.165, 1.54) is 9.80 Å². The summed E-state index contributed by atoms with van der Waals surface area (Å²) in [6.07, 6.45) is 4.97. The third kappa shape index (κ3) is 12.1. The van der Waals surface area contributed by atoms with Crippen molar-refractivity contribution in [3.63, 3.8) is 0 Å². The van der Waals surface area contributed by atoms with Gasteiger partial charge in [-0.15, -0.1) is 0 Å². The Hall–Kier alpha value is -3.72. The average Bonchev–Trinajstić information content (AvgIpc) is 3.31. The molecule has 0 radical (unpaired) electrons. The highest BCUT2D eigenvalue weighted by Gasteiger charge is 2.44. The van der Waals surface area contributed by atoms with Gasteiger partial charge in [-0.05, 0) is 42.9 Å². The van der Waals surface area contributed by atoms with Crippen molar-refractivity contribution in [2.24, 2.45) is 11.8 Å². The maximum Gasteiger partial charge on any atom is 0.233 e. The van der Waals surface area contributed by atoms with Gasteiger partial charge >= 0.3 is 0 Å². The quantitative estimate of drug-likeness (QED) is 0.0986. The van der Waals surface area contributed by atoms with Gasteiger partial charge in [0.2, 0.25) is 35.4 Å². The molecule has 14 nitrogen and oxygen atoms in total. The van der Waals surface area contributed by atoms with Crippen LogP contribution in [-0.4, -0.2) is 118 Å². The van der Waals surface area contributed by atoms with Gasteiger partial charge in [0.15, 0.2) is 0 Å². The van der Waals surface area contributed by atoms with Crippen LogP contribution in [0.3, 0.4) is 0 Å². The lowest BCUT2D eigenvalue weighted by molar-refractivity contribution is -0.152. The Labute approximate surface area is 281 Å². The van der Waals surface area contributed by atoms with Crippen LogP contribution in [0.15, 0.2) is 24.3 Å². The van der Waals surface area contributed by atoms with Crippen LogP contribution in [0.2, 0.25) is 0 Å². The fourth-order valence-electron chi connectivity index (χ4n) is 5.59. The number of hydrogen-bond acceptors (Lipinski definition) is 10. The van der Waals surface area contributed by atoms with E-state index in [9.17, 15) is 28.8 Å². The monoisotopic (exact) mass is 672 g/mol. The lowest BCUT2D eigenvalue weighted by Gasteiger charge is -2.29. The topological polar surface area (TPSA) is 170 Å². The van der Waals surface area contributed by atoms with Crippen LogP contribution >= 0.6 is 0 Å². The van der Waals surface area contributed by atoms with Crippen molar-refractivity contribution in [2.45, 2.75) is 57.8 Å². The molecular weight excluding hydrogens is 624 g/mol. The first-order chi connectivity index (χ1) is 23.3. The molecule has 0 spiro atoms. The molecule has 3 aliphatic rings. The Morgan fingerprint density at radius 2 is 1.40 bits per heavy atom. The number of rotatable bonds is 23. The second-order valence-electron chi connectivity index (χ2n) is 12.1. The van der Waals surface area contributed by atoms with Crippen LogP contribution in [0.5, 0.6) is 0 Å². The molecule has 6 amide bonds. The standard InChI is InChI=1S/C34H48N4O10/c39-29(10-14-38-33(43)24-28(34(38)44)26-2-1-3-26)35-13-17-46-19-21-48-23-22-47-20-18-45-16-12-30(40)36-27-7-4-25(5-8-27)6-9-31(41)37-15-11-32(37)42/h4-5,7-8,26,28H,1-3,6,9-24H2,(H,35,39)(H,36,40). The molecule has 0 aromatic heterocycles. The molecule has 48 heavy (non-hydrogen) atoms. The summed E-state index contributed by atoms with van der Waals surface area (Å²) in [6.45, 7) is 3.82. The minimum Gasteiger partial charge on any atom is -0.379 e. The molecule has 3 fully saturated rings.